The van der Waals surface area contributed by atoms with Gasteiger partial charge in [-0.2, -0.15) is 0 Å². The van der Waals surface area contributed by atoms with Gasteiger partial charge >= 0.3 is 17.1 Å². The van der Waals surface area contributed by atoms with Crippen LogP contribution in [-0.4, -0.2) is 27.3 Å². The molecule has 0 saturated heterocycles. The third-order valence-electron chi connectivity index (χ3n) is 10.9. The lowest BCUT2D eigenvalue weighted by Gasteiger charge is -2.29. The first-order chi connectivity index (χ1) is 26.7. The van der Waals surface area contributed by atoms with E-state index in [0.717, 1.165) is 45.3 Å². The molecule has 2 N–H and O–H groups in total. The molecule has 57 heavy (non-hydrogen) atoms. The van der Waals surface area contributed by atoms with Crippen molar-refractivity contribution in [3.8, 4) is 34.5 Å². The molecule has 6 aromatic carbocycles. The first-order valence-corrected chi connectivity index (χ1v) is 25.1. The molecule has 296 valence electrons. The lowest BCUT2D eigenvalue weighted by atomic mass is 9.78. The van der Waals surface area contributed by atoms with Gasteiger partial charge in [-0.1, -0.05) is 114 Å². The van der Waals surface area contributed by atoms with Crippen molar-refractivity contribution in [3.05, 3.63) is 179 Å². The van der Waals surface area contributed by atoms with E-state index in [1.54, 1.807) is 24.3 Å². The zero-order valence-corrected chi connectivity index (χ0v) is 36.9. The van der Waals surface area contributed by atoms with Gasteiger partial charge in [-0.15, -0.1) is 0 Å². The second-order valence-electron chi connectivity index (χ2n) is 17.3. The van der Waals surface area contributed by atoms with E-state index in [0.29, 0.717) is 0 Å². The third kappa shape index (κ3) is 9.75. The summed E-state index contributed by atoms with van der Waals surface area (Å²) in [5.41, 5.74) is 6.22. The van der Waals surface area contributed by atoms with Crippen LogP contribution in [0.3, 0.4) is 0 Å². The molecule has 6 nitrogen and oxygen atoms in total. The van der Waals surface area contributed by atoms with E-state index >= 15 is 0 Å². The molecule has 6 rings (SSSR count). The SMILES string of the molecule is CC(C)(c1ccc(O)cc1)c1ccc(O[Si](C)(C)Oc2ccc(C(C)(C)c3ccc(O[Si](C)(C)Oc4ccc(C(C)(C)c5ccc(O)cc5)cc4)cc3)cc2)cc1. The molecule has 0 unspecified atom stereocenters. The van der Waals surface area contributed by atoms with Gasteiger partial charge in [0.25, 0.3) is 0 Å². The number of hydrogen-bond acceptors (Lipinski definition) is 6. The van der Waals surface area contributed by atoms with Crippen LogP contribution in [0.4, 0.5) is 0 Å². The van der Waals surface area contributed by atoms with E-state index in [-0.39, 0.29) is 27.7 Å². The van der Waals surface area contributed by atoms with Crippen LogP contribution in [-0.2, 0) is 16.2 Å². The van der Waals surface area contributed by atoms with Crippen LogP contribution in [0.5, 0.6) is 34.5 Å². The van der Waals surface area contributed by atoms with Gasteiger partial charge in [0.15, 0.2) is 0 Å². The smallest absolute Gasteiger partial charge is 0.454 e. The van der Waals surface area contributed by atoms with Crippen LogP contribution < -0.4 is 17.7 Å². The molecular weight excluding hydrogens is 741 g/mol. The minimum atomic E-state index is -2.58. The summed E-state index contributed by atoms with van der Waals surface area (Å²) < 4.78 is 25.8. The molecule has 0 heterocycles. The number of benzene rings is 6. The van der Waals surface area contributed by atoms with Crippen molar-refractivity contribution in [2.75, 3.05) is 0 Å². The molecule has 0 saturated carbocycles. The van der Waals surface area contributed by atoms with Crippen LogP contribution in [0.1, 0.15) is 74.9 Å². The summed E-state index contributed by atoms with van der Waals surface area (Å²) in [6.07, 6.45) is 0. The van der Waals surface area contributed by atoms with Crippen molar-refractivity contribution in [2.24, 2.45) is 0 Å². The molecule has 0 atom stereocenters. The Morgan fingerprint density at radius 3 is 0.632 bits per heavy atom. The Bertz CT molecular complexity index is 2080. The number of rotatable bonds is 14. The Hall–Kier alpha value is -5.45. The summed E-state index contributed by atoms with van der Waals surface area (Å²) in [6.45, 7) is 21.4. The predicted octanol–water partition coefficient (Wildman–Crippen LogP) is 12.4. The minimum Gasteiger partial charge on any atom is -0.512 e. The van der Waals surface area contributed by atoms with E-state index in [9.17, 15) is 10.2 Å². The monoisotopic (exact) mass is 796 g/mol. The largest absolute Gasteiger partial charge is 0.512 e. The molecule has 0 bridgehead atoms. The summed E-state index contributed by atoms with van der Waals surface area (Å²) in [7, 11) is -5.15. The molecule has 0 aliphatic heterocycles. The molecule has 0 aliphatic carbocycles. The van der Waals surface area contributed by atoms with Crippen LogP contribution in [0.25, 0.3) is 0 Å². The highest BCUT2D eigenvalue weighted by molar-refractivity contribution is 6.66. The maximum absolute atomic E-state index is 9.72. The Balaban J connectivity index is 1.04. The van der Waals surface area contributed by atoms with Crippen LogP contribution >= 0.6 is 0 Å². The minimum absolute atomic E-state index is 0.223. The fourth-order valence-corrected chi connectivity index (χ4v) is 10.1. The molecule has 0 aliphatic rings. The zero-order chi connectivity index (χ0) is 41.2. The van der Waals surface area contributed by atoms with E-state index in [4.69, 9.17) is 17.7 Å². The molecule has 0 amide bonds. The zero-order valence-electron chi connectivity index (χ0n) is 34.9. The normalized spacial score (nSPS) is 12.5. The Kier molecular flexibility index (Phi) is 11.4. The molecule has 0 spiro atoms. The maximum atomic E-state index is 9.72. The predicted molar refractivity (Wildman–Crippen MR) is 236 cm³/mol. The highest BCUT2D eigenvalue weighted by Gasteiger charge is 2.32. The molecule has 8 heteroatoms. The summed E-state index contributed by atoms with van der Waals surface area (Å²) in [5.74, 6) is 3.65. The fraction of sp³-hybridized carbons (Fsp3) is 0.265. The number of hydrogen-bond donors (Lipinski definition) is 2. The molecule has 0 fully saturated rings. The first kappa shape index (κ1) is 41.2. The summed E-state index contributed by atoms with van der Waals surface area (Å²) in [4.78, 5) is 0. The highest BCUT2D eigenvalue weighted by Crippen LogP contribution is 2.37. The Morgan fingerprint density at radius 2 is 0.456 bits per heavy atom. The quantitative estimate of drug-likeness (QED) is 0.107. The first-order valence-electron chi connectivity index (χ1n) is 19.5. The topological polar surface area (TPSA) is 77.4 Å². The molecule has 6 aromatic rings. The second kappa shape index (κ2) is 15.8. The summed E-state index contributed by atoms with van der Waals surface area (Å²) in [6, 6.07) is 47.8. The van der Waals surface area contributed by atoms with Crippen molar-refractivity contribution < 1.29 is 27.9 Å². The van der Waals surface area contributed by atoms with Crippen molar-refractivity contribution in [1.82, 2.24) is 0 Å². The van der Waals surface area contributed by atoms with Crippen LogP contribution in [0, 0.1) is 0 Å². The third-order valence-corrected chi connectivity index (χ3v) is 13.8. The van der Waals surface area contributed by atoms with Gasteiger partial charge < -0.3 is 27.9 Å². The standard InChI is InChI=1S/C49H56O6Si2/c1-47(2,35-11-23-41(50)24-12-35)37-15-27-43(28-16-37)52-56(7,8)54-45-31-19-39(20-32-45)49(5,6)40-21-33-46(34-22-40)55-57(9,10)53-44-29-17-38(18-30-44)48(3,4)36-13-25-42(51)26-14-36/h11-34,50-51H,1-10H3. The van der Waals surface area contributed by atoms with E-state index < -0.39 is 17.1 Å². The maximum Gasteiger partial charge on any atom is 0.454 e. The second-order valence-corrected chi connectivity index (χ2v) is 23.7. The average molecular weight is 797 g/mol. The lowest BCUT2D eigenvalue weighted by molar-refractivity contribution is 0.398. The fourth-order valence-electron chi connectivity index (χ4n) is 7.19. The van der Waals surface area contributed by atoms with Gasteiger partial charge in [0.1, 0.15) is 34.5 Å². The van der Waals surface area contributed by atoms with Crippen LogP contribution in [0.2, 0.25) is 26.2 Å². The van der Waals surface area contributed by atoms with Gasteiger partial charge in [0, 0.05) is 42.4 Å². The van der Waals surface area contributed by atoms with Gasteiger partial charge in [-0.25, -0.2) is 0 Å². The highest BCUT2D eigenvalue weighted by atomic mass is 28.4. The molecule has 0 aromatic heterocycles. The number of aromatic hydroxyl groups is 2. The Morgan fingerprint density at radius 1 is 0.298 bits per heavy atom. The lowest BCUT2D eigenvalue weighted by Crippen LogP contribution is -2.41. The van der Waals surface area contributed by atoms with Gasteiger partial charge in [-0.3, -0.25) is 0 Å². The van der Waals surface area contributed by atoms with Crippen LogP contribution in [0.15, 0.2) is 146 Å². The van der Waals surface area contributed by atoms with E-state index in [1.807, 2.05) is 72.8 Å². The molecule has 0 radical (unpaired) electrons. The number of phenolic OH excluding ortho intramolecular Hbond substituents is 2. The summed E-state index contributed by atoms with van der Waals surface area (Å²) >= 11 is 0. The molecular formula is C49H56O6Si2. The van der Waals surface area contributed by atoms with Gasteiger partial charge in [-0.05, 0) is 106 Å². The Labute approximate surface area is 341 Å². The van der Waals surface area contributed by atoms with Crippen molar-refractivity contribution in [3.63, 3.8) is 0 Å². The van der Waals surface area contributed by atoms with Gasteiger partial charge in [0.2, 0.25) is 0 Å². The number of phenols is 2. The average Bonchev–Trinajstić information content (AvgIpc) is 3.15. The van der Waals surface area contributed by atoms with E-state index in [1.165, 1.54) is 11.1 Å². The van der Waals surface area contributed by atoms with E-state index in [2.05, 4.69) is 116 Å². The van der Waals surface area contributed by atoms with Crippen molar-refractivity contribution in [1.29, 1.82) is 0 Å². The van der Waals surface area contributed by atoms with Gasteiger partial charge in [0.05, 0.1) is 0 Å². The van der Waals surface area contributed by atoms with Crippen molar-refractivity contribution in [2.45, 2.75) is 84.0 Å². The van der Waals surface area contributed by atoms with Crippen molar-refractivity contribution >= 4 is 17.1 Å². The summed E-state index contributed by atoms with van der Waals surface area (Å²) in [5, 5.41) is 19.4.